The molecule has 1 aromatic heterocycles. The van der Waals surface area contributed by atoms with Crippen molar-refractivity contribution in [2.24, 2.45) is 0 Å². The van der Waals surface area contributed by atoms with Crippen LogP contribution in [-0.2, 0) is 6.54 Å². The van der Waals surface area contributed by atoms with Crippen LogP contribution in [0, 0.1) is 0 Å². The highest BCUT2D eigenvalue weighted by atomic mass is 16.5. The normalized spacial score (nSPS) is 10.7. The molecule has 0 bridgehead atoms. The molecule has 0 spiro atoms. The van der Waals surface area contributed by atoms with Gasteiger partial charge >= 0.3 is 0 Å². The van der Waals surface area contributed by atoms with Crippen molar-refractivity contribution in [2.45, 2.75) is 6.54 Å². The van der Waals surface area contributed by atoms with E-state index in [4.69, 9.17) is 14.2 Å². The van der Waals surface area contributed by atoms with Gasteiger partial charge in [-0.25, -0.2) is 4.68 Å². The summed E-state index contributed by atoms with van der Waals surface area (Å²) in [7, 11) is 4.75. The third-order valence-corrected chi connectivity index (χ3v) is 4.91. The molecule has 0 aliphatic rings. The zero-order valence-electron chi connectivity index (χ0n) is 17.5. The van der Waals surface area contributed by atoms with Crippen molar-refractivity contribution in [2.75, 3.05) is 26.6 Å². The first-order chi connectivity index (χ1) is 15.1. The van der Waals surface area contributed by atoms with Crippen LogP contribution in [0.2, 0.25) is 0 Å². The van der Waals surface area contributed by atoms with Crippen LogP contribution in [0.1, 0.15) is 15.9 Å². The molecule has 0 saturated heterocycles. The zero-order valence-corrected chi connectivity index (χ0v) is 17.5. The molecule has 8 nitrogen and oxygen atoms in total. The number of anilines is 1. The van der Waals surface area contributed by atoms with Crippen LogP contribution in [0.4, 0.5) is 5.69 Å². The molecular formula is C23H22N4O4. The van der Waals surface area contributed by atoms with Crippen molar-refractivity contribution in [1.29, 1.82) is 0 Å². The molecule has 4 rings (SSSR count). The molecule has 31 heavy (non-hydrogen) atoms. The minimum atomic E-state index is -0.251. The summed E-state index contributed by atoms with van der Waals surface area (Å²) in [6, 6.07) is 18.3. The first kappa shape index (κ1) is 20.2. The second-order valence-electron chi connectivity index (χ2n) is 6.82. The van der Waals surface area contributed by atoms with Crippen molar-refractivity contribution in [3.63, 3.8) is 0 Å². The van der Waals surface area contributed by atoms with E-state index in [1.54, 1.807) is 56.3 Å². The van der Waals surface area contributed by atoms with E-state index in [0.717, 1.165) is 16.8 Å². The summed E-state index contributed by atoms with van der Waals surface area (Å²) in [5, 5.41) is 11.3. The van der Waals surface area contributed by atoms with Crippen molar-refractivity contribution >= 4 is 22.6 Å². The Kier molecular flexibility index (Phi) is 5.70. The van der Waals surface area contributed by atoms with Gasteiger partial charge in [0.25, 0.3) is 5.91 Å². The molecule has 1 heterocycles. The number of fused-ring (bicyclic) bond motifs is 1. The average Bonchev–Trinajstić information content (AvgIpc) is 3.21. The number of benzene rings is 3. The standard InChI is InChI=1S/C23H22N4O4/c1-29-18-8-4-15(5-9-18)14-27-20-10-6-16(12-19(20)25-26-27)23(28)24-17-7-11-21(30-2)22(13-17)31-3/h4-13H,14H2,1-3H3,(H,24,28). The molecule has 8 heteroatoms. The molecule has 4 aromatic rings. The topological polar surface area (TPSA) is 87.5 Å². The lowest BCUT2D eigenvalue weighted by molar-refractivity contribution is 0.102. The maximum Gasteiger partial charge on any atom is 0.255 e. The van der Waals surface area contributed by atoms with Gasteiger partial charge in [-0.3, -0.25) is 4.79 Å². The van der Waals surface area contributed by atoms with Crippen molar-refractivity contribution < 1.29 is 19.0 Å². The molecule has 0 aliphatic heterocycles. The Hall–Kier alpha value is -4.07. The monoisotopic (exact) mass is 418 g/mol. The molecule has 0 fully saturated rings. The Balaban J connectivity index is 1.52. The predicted octanol–water partition coefficient (Wildman–Crippen LogP) is 3.76. The van der Waals surface area contributed by atoms with Crippen molar-refractivity contribution in [3.05, 3.63) is 71.8 Å². The van der Waals surface area contributed by atoms with E-state index in [-0.39, 0.29) is 5.91 Å². The summed E-state index contributed by atoms with van der Waals surface area (Å²) < 4.78 is 17.5. The highest BCUT2D eigenvalue weighted by molar-refractivity contribution is 6.06. The molecular weight excluding hydrogens is 396 g/mol. The number of carbonyl (C=O) groups excluding carboxylic acids is 1. The smallest absolute Gasteiger partial charge is 0.255 e. The summed E-state index contributed by atoms with van der Waals surface area (Å²) in [5.74, 6) is 1.68. The second kappa shape index (κ2) is 8.74. The number of hydrogen-bond donors (Lipinski definition) is 1. The summed E-state index contributed by atoms with van der Waals surface area (Å²) in [4.78, 5) is 12.7. The van der Waals surface area contributed by atoms with E-state index >= 15 is 0 Å². The third-order valence-electron chi connectivity index (χ3n) is 4.91. The fourth-order valence-corrected chi connectivity index (χ4v) is 3.25. The van der Waals surface area contributed by atoms with E-state index in [1.807, 2.05) is 30.3 Å². The molecule has 1 amide bonds. The maximum absolute atomic E-state index is 12.7. The molecule has 0 saturated carbocycles. The minimum absolute atomic E-state index is 0.251. The highest BCUT2D eigenvalue weighted by Gasteiger charge is 2.12. The van der Waals surface area contributed by atoms with Gasteiger partial charge in [-0.05, 0) is 48.0 Å². The lowest BCUT2D eigenvalue weighted by atomic mass is 10.1. The fraction of sp³-hybridized carbons (Fsp3) is 0.174. The Labute approximate surface area is 179 Å². The highest BCUT2D eigenvalue weighted by Crippen LogP contribution is 2.30. The Morgan fingerprint density at radius 3 is 2.39 bits per heavy atom. The van der Waals surface area contributed by atoms with Gasteiger partial charge in [0.15, 0.2) is 11.5 Å². The third kappa shape index (κ3) is 4.28. The van der Waals surface area contributed by atoms with E-state index in [1.165, 1.54) is 0 Å². The van der Waals surface area contributed by atoms with Gasteiger partial charge in [0.1, 0.15) is 11.3 Å². The average molecular weight is 418 g/mol. The number of nitrogens with one attached hydrogen (secondary N) is 1. The van der Waals surface area contributed by atoms with Crippen LogP contribution in [-0.4, -0.2) is 42.2 Å². The van der Waals surface area contributed by atoms with E-state index in [9.17, 15) is 4.79 Å². The molecule has 0 radical (unpaired) electrons. The van der Waals surface area contributed by atoms with Gasteiger partial charge in [-0.1, -0.05) is 17.3 Å². The molecule has 0 aliphatic carbocycles. The van der Waals surface area contributed by atoms with Crippen LogP contribution < -0.4 is 19.5 Å². The minimum Gasteiger partial charge on any atom is -0.497 e. The van der Waals surface area contributed by atoms with Gasteiger partial charge in [0, 0.05) is 17.3 Å². The Bertz CT molecular complexity index is 1220. The fourth-order valence-electron chi connectivity index (χ4n) is 3.25. The second-order valence-corrected chi connectivity index (χ2v) is 6.82. The molecule has 1 N–H and O–H groups in total. The number of carbonyl (C=O) groups is 1. The van der Waals surface area contributed by atoms with Crippen LogP contribution in [0.5, 0.6) is 17.2 Å². The van der Waals surface area contributed by atoms with E-state index in [0.29, 0.717) is 34.8 Å². The summed E-state index contributed by atoms with van der Waals surface area (Å²) in [6.07, 6.45) is 0. The largest absolute Gasteiger partial charge is 0.497 e. The summed E-state index contributed by atoms with van der Waals surface area (Å²) >= 11 is 0. The van der Waals surface area contributed by atoms with Crippen molar-refractivity contribution in [1.82, 2.24) is 15.0 Å². The first-order valence-corrected chi connectivity index (χ1v) is 9.61. The van der Waals surface area contributed by atoms with Gasteiger partial charge in [0.05, 0.1) is 33.4 Å². The maximum atomic E-state index is 12.7. The number of amides is 1. The quantitative estimate of drug-likeness (QED) is 0.492. The van der Waals surface area contributed by atoms with Gasteiger partial charge in [-0.15, -0.1) is 5.10 Å². The Morgan fingerprint density at radius 1 is 0.903 bits per heavy atom. The predicted molar refractivity (Wildman–Crippen MR) is 117 cm³/mol. The number of methoxy groups -OCH3 is 3. The van der Waals surface area contributed by atoms with Crippen LogP contribution in [0.15, 0.2) is 60.7 Å². The molecule has 0 atom stereocenters. The zero-order chi connectivity index (χ0) is 21.8. The first-order valence-electron chi connectivity index (χ1n) is 9.61. The molecule has 158 valence electrons. The van der Waals surface area contributed by atoms with Crippen LogP contribution in [0.3, 0.4) is 0 Å². The summed E-state index contributed by atoms with van der Waals surface area (Å²) in [5.41, 5.74) is 3.65. The van der Waals surface area contributed by atoms with Gasteiger partial charge < -0.3 is 19.5 Å². The number of rotatable bonds is 7. The van der Waals surface area contributed by atoms with E-state index < -0.39 is 0 Å². The number of nitrogens with zero attached hydrogens (tertiary/aromatic N) is 3. The lowest BCUT2D eigenvalue weighted by Gasteiger charge is -2.10. The molecule has 0 unspecified atom stereocenters. The lowest BCUT2D eigenvalue weighted by Crippen LogP contribution is -2.12. The number of hydrogen-bond acceptors (Lipinski definition) is 6. The van der Waals surface area contributed by atoms with E-state index in [2.05, 4.69) is 15.6 Å². The number of ether oxygens (including phenoxy) is 3. The van der Waals surface area contributed by atoms with Gasteiger partial charge in [0.2, 0.25) is 0 Å². The van der Waals surface area contributed by atoms with Crippen LogP contribution >= 0.6 is 0 Å². The van der Waals surface area contributed by atoms with Crippen molar-refractivity contribution in [3.8, 4) is 17.2 Å². The molecule has 3 aromatic carbocycles. The van der Waals surface area contributed by atoms with Crippen LogP contribution in [0.25, 0.3) is 11.0 Å². The Morgan fingerprint density at radius 2 is 1.68 bits per heavy atom. The summed E-state index contributed by atoms with van der Waals surface area (Å²) in [6.45, 7) is 0.567. The number of aromatic nitrogens is 3. The van der Waals surface area contributed by atoms with Gasteiger partial charge in [-0.2, -0.15) is 0 Å². The SMILES string of the molecule is COc1ccc(Cn2nnc3cc(C(=O)Nc4ccc(OC)c(OC)c4)ccc32)cc1.